The van der Waals surface area contributed by atoms with E-state index in [1.165, 1.54) is 0 Å². The maximum absolute atomic E-state index is 5.75. The van der Waals surface area contributed by atoms with Gasteiger partial charge in [-0.1, -0.05) is 84.9 Å². The number of aromatic nitrogens is 2. The van der Waals surface area contributed by atoms with Crippen molar-refractivity contribution in [3.05, 3.63) is 122 Å². The molecule has 1 aromatic heterocycles. The number of hydrogen-bond donors (Lipinski definition) is 1. The number of rotatable bonds is 6. The first-order valence-corrected chi connectivity index (χ1v) is 11.8. The van der Waals surface area contributed by atoms with E-state index in [1.807, 2.05) is 95.9 Å². The van der Waals surface area contributed by atoms with Gasteiger partial charge in [-0.05, 0) is 42.5 Å². The monoisotopic (exact) mass is 472 g/mol. The van der Waals surface area contributed by atoms with E-state index in [0.717, 1.165) is 44.9 Å². The molecule has 170 valence electrons. The van der Waals surface area contributed by atoms with Crippen LogP contribution in [0.4, 0.5) is 11.4 Å². The van der Waals surface area contributed by atoms with Crippen LogP contribution in [0.25, 0.3) is 33.5 Å². The highest BCUT2D eigenvalue weighted by Crippen LogP contribution is 2.31. The number of nitrogens with one attached hydrogen (secondary N) is 1. The zero-order valence-electron chi connectivity index (χ0n) is 19.1. The molecule has 0 aliphatic rings. The lowest BCUT2D eigenvalue weighted by molar-refractivity contribution is 1.15. The summed E-state index contributed by atoms with van der Waals surface area (Å²) in [5.74, 6) is 0. The van der Waals surface area contributed by atoms with Crippen LogP contribution in [-0.4, -0.2) is 21.6 Å². The summed E-state index contributed by atoms with van der Waals surface area (Å²) < 4.78 is 0. The van der Waals surface area contributed by atoms with Crippen LogP contribution in [0, 0.1) is 0 Å². The molecule has 5 rings (SSSR count). The summed E-state index contributed by atoms with van der Waals surface area (Å²) in [6, 6.07) is 36.3. The first-order chi connectivity index (χ1) is 17.2. The Morgan fingerprint density at radius 1 is 0.743 bits per heavy atom. The quantitative estimate of drug-likeness (QED) is 0.207. The summed E-state index contributed by atoms with van der Waals surface area (Å²) >= 11 is 5.75. The molecule has 0 saturated heterocycles. The minimum absolute atomic E-state index is 0.590. The van der Waals surface area contributed by atoms with Gasteiger partial charge in [0.1, 0.15) is 0 Å². The van der Waals surface area contributed by atoms with E-state index in [1.54, 1.807) is 0 Å². The molecule has 0 amide bonds. The van der Waals surface area contributed by atoms with Gasteiger partial charge in [0.25, 0.3) is 0 Å². The van der Waals surface area contributed by atoms with Crippen LogP contribution in [0.2, 0.25) is 0 Å². The number of para-hydroxylation sites is 1. The van der Waals surface area contributed by atoms with Gasteiger partial charge in [0.05, 0.1) is 22.4 Å². The van der Waals surface area contributed by atoms with Gasteiger partial charge in [-0.3, -0.25) is 0 Å². The Balaban J connectivity index is 1.53. The van der Waals surface area contributed by atoms with Crippen molar-refractivity contribution in [3.8, 4) is 22.5 Å². The summed E-state index contributed by atoms with van der Waals surface area (Å²) in [5.41, 5.74) is 7.25. The molecule has 0 atom stereocenters. The predicted molar refractivity (Wildman–Crippen MR) is 151 cm³/mol. The lowest BCUT2D eigenvalue weighted by Crippen LogP contribution is -2.34. The lowest BCUT2D eigenvalue weighted by atomic mass is 10.0. The number of anilines is 2. The van der Waals surface area contributed by atoms with E-state index in [9.17, 15) is 0 Å². The van der Waals surface area contributed by atoms with Crippen LogP contribution in [-0.2, 0) is 0 Å². The number of nitrogens with zero attached hydrogens (tertiary/aromatic N) is 3. The third-order valence-electron chi connectivity index (χ3n) is 5.63. The van der Waals surface area contributed by atoms with Gasteiger partial charge in [-0.15, -0.1) is 6.58 Å². The summed E-state index contributed by atoms with van der Waals surface area (Å²) in [6.45, 7) is 4.48. The Labute approximate surface area is 210 Å². The maximum Gasteiger partial charge on any atom is 0.178 e. The van der Waals surface area contributed by atoms with E-state index in [0.29, 0.717) is 11.7 Å². The lowest BCUT2D eigenvalue weighted by Gasteiger charge is -2.24. The van der Waals surface area contributed by atoms with Crippen LogP contribution in [0.1, 0.15) is 0 Å². The average Bonchev–Trinajstić information content (AvgIpc) is 2.92. The fraction of sp³-hybridized carbons (Fsp3) is 0.0333. The van der Waals surface area contributed by atoms with Crippen molar-refractivity contribution in [1.29, 1.82) is 0 Å². The summed E-state index contributed by atoms with van der Waals surface area (Å²) in [7, 11) is 0. The SMILES string of the molecule is C=CCN(C(=S)Nc1ccc2nc(-c3ccccc3)c(-c3ccccc3)nc2c1)c1ccccc1. The van der Waals surface area contributed by atoms with E-state index < -0.39 is 0 Å². The van der Waals surface area contributed by atoms with Crippen molar-refractivity contribution in [2.75, 3.05) is 16.8 Å². The standard InChI is InChI=1S/C30H24N4S/c1-2-20-34(25-16-10-5-11-17-25)30(35)31-24-18-19-26-27(21-24)33-29(23-14-8-4-9-15-23)28(32-26)22-12-6-3-7-13-22/h2-19,21H,1,20H2,(H,31,35). The van der Waals surface area contributed by atoms with Crippen LogP contribution >= 0.6 is 12.2 Å². The second kappa shape index (κ2) is 10.3. The first-order valence-electron chi connectivity index (χ1n) is 11.4. The van der Waals surface area contributed by atoms with Gasteiger partial charge in [-0.25, -0.2) is 9.97 Å². The molecule has 0 radical (unpaired) electrons. The fourth-order valence-corrected chi connectivity index (χ4v) is 4.26. The minimum Gasteiger partial charge on any atom is -0.332 e. The van der Waals surface area contributed by atoms with Crippen molar-refractivity contribution >= 4 is 39.7 Å². The van der Waals surface area contributed by atoms with E-state index in [2.05, 4.69) is 36.2 Å². The van der Waals surface area contributed by atoms with Gasteiger partial charge in [-0.2, -0.15) is 0 Å². The molecule has 4 aromatic carbocycles. The summed E-state index contributed by atoms with van der Waals surface area (Å²) in [5, 5.41) is 3.96. The van der Waals surface area contributed by atoms with Crippen LogP contribution in [0.15, 0.2) is 122 Å². The Kier molecular flexibility index (Phi) is 6.59. The van der Waals surface area contributed by atoms with Crippen molar-refractivity contribution in [3.63, 3.8) is 0 Å². The Morgan fingerprint density at radius 3 is 1.86 bits per heavy atom. The minimum atomic E-state index is 0.590. The molecule has 4 nitrogen and oxygen atoms in total. The number of thiocarbonyl (C=S) groups is 1. The van der Waals surface area contributed by atoms with Crippen LogP contribution in [0.5, 0.6) is 0 Å². The highest BCUT2D eigenvalue weighted by atomic mass is 32.1. The van der Waals surface area contributed by atoms with E-state index in [4.69, 9.17) is 22.2 Å². The number of fused-ring (bicyclic) bond motifs is 1. The third kappa shape index (κ3) is 4.95. The van der Waals surface area contributed by atoms with Crippen molar-refractivity contribution < 1.29 is 0 Å². The molecule has 1 heterocycles. The second-order valence-corrected chi connectivity index (χ2v) is 8.41. The molecule has 0 fully saturated rings. The van der Waals surface area contributed by atoms with Crippen molar-refractivity contribution in [2.45, 2.75) is 0 Å². The smallest absolute Gasteiger partial charge is 0.178 e. The topological polar surface area (TPSA) is 41.0 Å². The molecule has 0 bridgehead atoms. The van der Waals surface area contributed by atoms with Gasteiger partial charge in [0, 0.05) is 29.0 Å². The maximum atomic E-state index is 5.75. The van der Waals surface area contributed by atoms with Crippen molar-refractivity contribution in [2.24, 2.45) is 0 Å². The highest BCUT2D eigenvalue weighted by molar-refractivity contribution is 7.80. The first kappa shape index (κ1) is 22.4. The van der Waals surface area contributed by atoms with E-state index in [-0.39, 0.29) is 0 Å². The molecular formula is C30H24N4S. The Bertz CT molecular complexity index is 1470. The molecule has 0 aliphatic heterocycles. The molecule has 5 aromatic rings. The molecular weight excluding hydrogens is 448 g/mol. The van der Waals surface area contributed by atoms with Gasteiger partial charge in [0.15, 0.2) is 5.11 Å². The van der Waals surface area contributed by atoms with Gasteiger partial charge < -0.3 is 10.2 Å². The second-order valence-electron chi connectivity index (χ2n) is 8.02. The van der Waals surface area contributed by atoms with Crippen LogP contribution in [0.3, 0.4) is 0 Å². The molecule has 1 N–H and O–H groups in total. The van der Waals surface area contributed by atoms with Gasteiger partial charge in [0.2, 0.25) is 0 Å². The Morgan fingerprint density at radius 2 is 1.29 bits per heavy atom. The summed E-state index contributed by atoms with van der Waals surface area (Å²) in [6.07, 6.45) is 1.84. The number of benzene rings is 4. The molecule has 0 saturated carbocycles. The fourth-order valence-electron chi connectivity index (χ4n) is 3.96. The van der Waals surface area contributed by atoms with Crippen LogP contribution < -0.4 is 10.2 Å². The zero-order chi connectivity index (χ0) is 24.0. The molecule has 0 unspecified atom stereocenters. The average molecular weight is 473 g/mol. The zero-order valence-corrected chi connectivity index (χ0v) is 20.0. The van der Waals surface area contributed by atoms with E-state index >= 15 is 0 Å². The highest BCUT2D eigenvalue weighted by Gasteiger charge is 2.15. The predicted octanol–water partition coefficient (Wildman–Crippen LogP) is 7.35. The van der Waals surface area contributed by atoms with Crippen molar-refractivity contribution in [1.82, 2.24) is 9.97 Å². The summed E-state index contributed by atoms with van der Waals surface area (Å²) in [4.78, 5) is 12.1. The third-order valence-corrected chi connectivity index (χ3v) is 5.96. The molecule has 5 heteroatoms. The molecule has 0 aliphatic carbocycles. The molecule has 35 heavy (non-hydrogen) atoms. The normalized spacial score (nSPS) is 10.6. The number of hydrogen-bond acceptors (Lipinski definition) is 3. The largest absolute Gasteiger partial charge is 0.332 e. The Hall–Kier alpha value is -4.35. The molecule has 0 spiro atoms. The van der Waals surface area contributed by atoms with Gasteiger partial charge >= 0.3 is 0 Å².